The van der Waals surface area contributed by atoms with Crippen molar-refractivity contribution in [2.45, 2.75) is 6.92 Å². The molecule has 0 aliphatic carbocycles. The first-order chi connectivity index (χ1) is 8.25. The molecule has 1 aliphatic rings. The van der Waals surface area contributed by atoms with Crippen LogP contribution in [0.2, 0.25) is 0 Å². The van der Waals surface area contributed by atoms with Crippen LogP contribution >= 0.6 is 0 Å². The van der Waals surface area contributed by atoms with Crippen molar-refractivity contribution in [3.8, 4) is 0 Å². The Morgan fingerprint density at radius 3 is 2.94 bits per heavy atom. The molecule has 0 saturated carbocycles. The maximum absolute atomic E-state index is 5.88. The average molecular weight is 236 g/mol. The van der Waals surface area contributed by atoms with Crippen LogP contribution in [0.4, 0.5) is 11.5 Å². The van der Waals surface area contributed by atoms with Gasteiger partial charge in [-0.25, -0.2) is 4.98 Å². The van der Waals surface area contributed by atoms with Crippen LogP contribution in [-0.2, 0) is 4.74 Å². The zero-order chi connectivity index (χ0) is 12.1. The predicted molar refractivity (Wildman–Crippen MR) is 69.1 cm³/mol. The summed E-state index contributed by atoms with van der Waals surface area (Å²) in [6, 6.07) is 1.93. The van der Waals surface area contributed by atoms with Crippen LogP contribution in [0.5, 0.6) is 0 Å². The van der Waals surface area contributed by atoms with Gasteiger partial charge in [-0.2, -0.15) is 0 Å². The predicted octanol–water partition coefficient (Wildman–Crippen LogP) is 0.716. The summed E-state index contributed by atoms with van der Waals surface area (Å²) in [5.41, 5.74) is 7.68. The first-order valence-corrected chi connectivity index (χ1v) is 6.02. The monoisotopic (exact) mass is 236 g/mol. The van der Waals surface area contributed by atoms with Gasteiger partial charge in [0.2, 0.25) is 0 Å². The molecule has 0 radical (unpaired) electrons. The number of nitrogen functional groups attached to an aromatic ring is 1. The number of nitrogens with one attached hydrogen (secondary N) is 1. The van der Waals surface area contributed by atoms with Crippen molar-refractivity contribution in [1.29, 1.82) is 0 Å². The highest BCUT2D eigenvalue weighted by Gasteiger charge is 2.09. The van der Waals surface area contributed by atoms with E-state index in [4.69, 9.17) is 10.5 Å². The topological polar surface area (TPSA) is 63.4 Å². The molecule has 0 atom stereocenters. The lowest BCUT2D eigenvalue weighted by atomic mass is 10.3. The summed E-state index contributed by atoms with van der Waals surface area (Å²) in [6.45, 7) is 7.55. The van der Waals surface area contributed by atoms with E-state index in [1.54, 1.807) is 0 Å². The number of aryl methyl sites for hydroxylation is 1. The molecule has 0 unspecified atom stereocenters. The van der Waals surface area contributed by atoms with E-state index in [0.29, 0.717) is 5.69 Å². The second kappa shape index (κ2) is 5.84. The molecule has 2 rings (SSSR count). The lowest BCUT2D eigenvalue weighted by molar-refractivity contribution is 0.0398. The van der Waals surface area contributed by atoms with E-state index in [1.807, 2.05) is 19.2 Å². The van der Waals surface area contributed by atoms with E-state index in [-0.39, 0.29) is 0 Å². The zero-order valence-electron chi connectivity index (χ0n) is 10.3. The number of hydrogen-bond donors (Lipinski definition) is 2. The number of rotatable bonds is 4. The number of aromatic nitrogens is 1. The largest absolute Gasteiger partial charge is 0.396 e. The maximum Gasteiger partial charge on any atom is 0.149 e. The smallest absolute Gasteiger partial charge is 0.149 e. The van der Waals surface area contributed by atoms with Crippen LogP contribution in [0.1, 0.15) is 5.56 Å². The van der Waals surface area contributed by atoms with E-state index >= 15 is 0 Å². The fraction of sp³-hybridized carbons (Fsp3) is 0.583. The number of morpholine rings is 1. The van der Waals surface area contributed by atoms with Crippen molar-refractivity contribution < 1.29 is 4.74 Å². The van der Waals surface area contributed by atoms with Crippen molar-refractivity contribution in [1.82, 2.24) is 9.88 Å². The van der Waals surface area contributed by atoms with Gasteiger partial charge >= 0.3 is 0 Å². The summed E-state index contributed by atoms with van der Waals surface area (Å²) in [5, 5.41) is 3.27. The zero-order valence-corrected chi connectivity index (χ0v) is 10.3. The van der Waals surface area contributed by atoms with Crippen LogP contribution in [0.15, 0.2) is 12.3 Å². The molecule has 1 aliphatic heterocycles. The third kappa shape index (κ3) is 3.57. The van der Waals surface area contributed by atoms with Gasteiger partial charge in [0.1, 0.15) is 5.82 Å². The summed E-state index contributed by atoms with van der Waals surface area (Å²) in [6.07, 6.45) is 1.83. The van der Waals surface area contributed by atoms with Crippen molar-refractivity contribution in [2.24, 2.45) is 0 Å². The summed E-state index contributed by atoms with van der Waals surface area (Å²) in [4.78, 5) is 6.66. The van der Waals surface area contributed by atoms with Gasteiger partial charge < -0.3 is 15.8 Å². The van der Waals surface area contributed by atoms with E-state index < -0.39 is 0 Å². The highest BCUT2D eigenvalue weighted by molar-refractivity contribution is 5.61. The molecule has 1 fully saturated rings. The molecule has 0 amide bonds. The normalized spacial score (nSPS) is 17.0. The van der Waals surface area contributed by atoms with Gasteiger partial charge in [0, 0.05) is 32.4 Å². The van der Waals surface area contributed by atoms with E-state index in [1.165, 1.54) is 0 Å². The van der Waals surface area contributed by atoms with Crippen LogP contribution in [0, 0.1) is 6.92 Å². The molecule has 17 heavy (non-hydrogen) atoms. The van der Waals surface area contributed by atoms with Gasteiger partial charge in [-0.3, -0.25) is 4.90 Å². The molecule has 1 saturated heterocycles. The molecule has 2 heterocycles. The Hall–Kier alpha value is -1.33. The van der Waals surface area contributed by atoms with Gasteiger partial charge in [0.25, 0.3) is 0 Å². The molecule has 5 heteroatoms. The van der Waals surface area contributed by atoms with Gasteiger partial charge in [0.05, 0.1) is 18.9 Å². The second-order valence-electron chi connectivity index (χ2n) is 4.33. The van der Waals surface area contributed by atoms with E-state index in [9.17, 15) is 0 Å². The Morgan fingerprint density at radius 1 is 1.47 bits per heavy atom. The van der Waals surface area contributed by atoms with Gasteiger partial charge in [0.15, 0.2) is 0 Å². The SMILES string of the molecule is Cc1cnc(NCCN2CCOCC2)c(N)c1. The Balaban J connectivity index is 1.77. The highest BCUT2D eigenvalue weighted by atomic mass is 16.5. The lowest BCUT2D eigenvalue weighted by Crippen LogP contribution is -2.39. The Labute approximate surface area is 102 Å². The summed E-state index contributed by atoms with van der Waals surface area (Å²) in [5.74, 6) is 0.781. The lowest BCUT2D eigenvalue weighted by Gasteiger charge is -2.26. The van der Waals surface area contributed by atoms with Crippen LogP contribution < -0.4 is 11.1 Å². The third-order valence-electron chi connectivity index (χ3n) is 2.88. The molecule has 3 N–H and O–H groups in total. The standard InChI is InChI=1S/C12H20N4O/c1-10-8-11(13)12(15-9-10)14-2-3-16-4-6-17-7-5-16/h8-9H,2-7,13H2,1H3,(H,14,15). The van der Waals surface area contributed by atoms with Crippen molar-refractivity contribution in [3.05, 3.63) is 17.8 Å². The number of hydrogen-bond acceptors (Lipinski definition) is 5. The van der Waals surface area contributed by atoms with Crippen LogP contribution in [0.3, 0.4) is 0 Å². The number of nitrogens with two attached hydrogens (primary N) is 1. The highest BCUT2D eigenvalue weighted by Crippen LogP contribution is 2.15. The third-order valence-corrected chi connectivity index (χ3v) is 2.88. The Bertz CT molecular complexity index is 364. The number of ether oxygens (including phenoxy) is 1. The molecule has 0 aromatic carbocycles. The molecule has 0 spiro atoms. The second-order valence-corrected chi connectivity index (χ2v) is 4.33. The average Bonchev–Trinajstić information content (AvgIpc) is 2.33. The summed E-state index contributed by atoms with van der Waals surface area (Å²) in [7, 11) is 0. The molecule has 5 nitrogen and oxygen atoms in total. The van der Waals surface area contributed by atoms with Crippen LogP contribution in [0.25, 0.3) is 0 Å². The fourth-order valence-corrected chi connectivity index (χ4v) is 1.90. The molecule has 94 valence electrons. The maximum atomic E-state index is 5.88. The fourth-order valence-electron chi connectivity index (χ4n) is 1.90. The molecule has 0 bridgehead atoms. The van der Waals surface area contributed by atoms with Crippen molar-refractivity contribution in [2.75, 3.05) is 50.4 Å². The minimum atomic E-state index is 0.715. The molecular weight excluding hydrogens is 216 g/mol. The molecule has 1 aromatic rings. The number of nitrogens with zero attached hydrogens (tertiary/aromatic N) is 2. The Morgan fingerprint density at radius 2 is 2.24 bits per heavy atom. The minimum absolute atomic E-state index is 0.715. The minimum Gasteiger partial charge on any atom is -0.396 e. The van der Waals surface area contributed by atoms with Gasteiger partial charge in [-0.05, 0) is 18.6 Å². The summed E-state index contributed by atoms with van der Waals surface area (Å²) < 4.78 is 5.30. The van der Waals surface area contributed by atoms with E-state index in [2.05, 4.69) is 15.2 Å². The first-order valence-electron chi connectivity index (χ1n) is 6.02. The summed E-state index contributed by atoms with van der Waals surface area (Å²) >= 11 is 0. The number of pyridine rings is 1. The Kier molecular flexibility index (Phi) is 4.17. The van der Waals surface area contributed by atoms with Gasteiger partial charge in [-0.15, -0.1) is 0 Å². The molecule has 1 aromatic heterocycles. The van der Waals surface area contributed by atoms with Gasteiger partial charge in [-0.1, -0.05) is 0 Å². The quantitative estimate of drug-likeness (QED) is 0.806. The van der Waals surface area contributed by atoms with Crippen molar-refractivity contribution in [3.63, 3.8) is 0 Å². The van der Waals surface area contributed by atoms with Crippen molar-refractivity contribution >= 4 is 11.5 Å². The van der Waals surface area contributed by atoms with E-state index in [0.717, 1.165) is 50.8 Å². The van der Waals surface area contributed by atoms with Crippen LogP contribution in [-0.4, -0.2) is 49.3 Å². The number of anilines is 2. The first kappa shape index (κ1) is 12.1. The molecular formula is C12H20N4O.